The van der Waals surface area contributed by atoms with E-state index in [1.165, 1.54) is 30.3 Å². The summed E-state index contributed by atoms with van der Waals surface area (Å²) in [6.45, 7) is -0.677. The minimum absolute atomic E-state index is 0.153. The van der Waals surface area contributed by atoms with Crippen molar-refractivity contribution in [2.75, 3.05) is 28.6 Å². The highest BCUT2D eigenvalue weighted by atomic mass is 19.4. The number of alkyl halides is 6. The van der Waals surface area contributed by atoms with E-state index in [0.717, 1.165) is 41.3 Å². The van der Waals surface area contributed by atoms with Crippen LogP contribution in [0, 0.1) is 5.82 Å². The van der Waals surface area contributed by atoms with Crippen molar-refractivity contribution in [2.24, 2.45) is 0 Å². The number of hydrogen-bond donors (Lipinski definition) is 3. The molecule has 0 fully saturated rings. The minimum Gasteiger partial charge on any atom is -0.336 e. The zero-order valence-electron chi connectivity index (χ0n) is 18.8. The van der Waals surface area contributed by atoms with Gasteiger partial charge in [0.1, 0.15) is 5.82 Å². The standard InChI is InChI=1S/C24H19F7N4O2/c25-19-9-1-2-10-20(19)34-22(37)35(18-8-4-6-16(14-18)24(29,30)31)12-11-32-21(36)33-17-7-3-5-15(13-17)23(26,27)28/h1-10,13-14H,11-12H2,(H,34,37)(H2,32,33,36). The van der Waals surface area contributed by atoms with Crippen molar-refractivity contribution < 1.29 is 40.3 Å². The summed E-state index contributed by atoms with van der Waals surface area (Å²) in [5.74, 6) is -0.779. The molecule has 0 spiro atoms. The lowest BCUT2D eigenvalue weighted by molar-refractivity contribution is -0.138. The first-order valence-corrected chi connectivity index (χ1v) is 10.6. The number of anilines is 3. The van der Waals surface area contributed by atoms with Crippen LogP contribution >= 0.6 is 0 Å². The Morgan fingerprint density at radius 3 is 2.03 bits per heavy atom. The number of amides is 4. The summed E-state index contributed by atoms with van der Waals surface area (Å²) in [5.41, 5.74) is -2.59. The molecule has 0 atom stereocenters. The Balaban J connectivity index is 1.73. The average Bonchev–Trinajstić information content (AvgIpc) is 2.82. The lowest BCUT2D eigenvalue weighted by atomic mass is 10.2. The number of benzene rings is 3. The van der Waals surface area contributed by atoms with Gasteiger partial charge >= 0.3 is 24.4 Å². The molecule has 0 aliphatic heterocycles. The van der Waals surface area contributed by atoms with E-state index in [9.17, 15) is 40.3 Å². The number of nitrogens with zero attached hydrogens (tertiary/aromatic N) is 1. The maximum absolute atomic E-state index is 14.0. The van der Waals surface area contributed by atoms with Crippen molar-refractivity contribution in [3.63, 3.8) is 0 Å². The van der Waals surface area contributed by atoms with Crippen molar-refractivity contribution in [3.05, 3.63) is 89.7 Å². The number of halogens is 7. The van der Waals surface area contributed by atoms with Crippen LogP contribution in [0.5, 0.6) is 0 Å². The van der Waals surface area contributed by atoms with Crippen LogP contribution in [0.3, 0.4) is 0 Å². The predicted molar refractivity (Wildman–Crippen MR) is 123 cm³/mol. The van der Waals surface area contributed by atoms with Gasteiger partial charge in [-0.05, 0) is 48.5 Å². The predicted octanol–water partition coefficient (Wildman–Crippen LogP) is 6.72. The third-order valence-electron chi connectivity index (χ3n) is 4.91. The molecule has 0 bridgehead atoms. The van der Waals surface area contributed by atoms with Gasteiger partial charge in [0, 0.05) is 24.5 Å². The van der Waals surface area contributed by atoms with E-state index < -0.39 is 41.4 Å². The number of urea groups is 2. The molecule has 0 aromatic heterocycles. The van der Waals surface area contributed by atoms with Crippen molar-refractivity contribution in [2.45, 2.75) is 12.4 Å². The fourth-order valence-corrected chi connectivity index (χ4v) is 3.17. The van der Waals surface area contributed by atoms with Gasteiger partial charge in [0.2, 0.25) is 0 Å². The van der Waals surface area contributed by atoms with Gasteiger partial charge in [-0.2, -0.15) is 26.3 Å². The molecule has 0 aliphatic carbocycles. The van der Waals surface area contributed by atoms with Crippen LogP contribution in [0.2, 0.25) is 0 Å². The second-order valence-electron chi connectivity index (χ2n) is 7.57. The number of carbonyl (C=O) groups excluding carboxylic acids is 2. The molecule has 3 aromatic rings. The lowest BCUT2D eigenvalue weighted by Gasteiger charge is -2.24. The van der Waals surface area contributed by atoms with Crippen LogP contribution in [0.15, 0.2) is 72.8 Å². The Bertz CT molecular complexity index is 1260. The average molecular weight is 528 g/mol. The molecule has 0 saturated carbocycles. The topological polar surface area (TPSA) is 73.5 Å². The van der Waals surface area contributed by atoms with Gasteiger partial charge in [-0.1, -0.05) is 24.3 Å². The minimum atomic E-state index is -4.70. The Kier molecular flexibility index (Phi) is 8.25. The number of para-hydroxylation sites is 1. The molecule has 0 radical (unpaired) electrons. The monoisotopic (exact) mass is 528 g/mol. The summed E-state index contributed by atoms with van der Waals surface area (Å²) >= 11 is 0. The molecule has 0 unspecified atom stereocenters. The molecule has 196 valence electrons. The van der Waals surface area contributed by atoms with Crippen LogP contribution < -0.4 is 20.9 Å². The van der Waals surface area contributed by atoms with Crippen molar-refractivity contribution >= 4 is 29.1 Å². The number of nitrogens with one attached hydrogen (secondary N) is 3. The Hall–Kier alpha value is -4.29. The zero-order chi connectivity index (χ0) is 27.2. The molecule has 3 N–H and O–H groups in total. The summed E-state index contributed by atoms with van der Waals surface area (Å²) in [6.07, 6.45) is -9.32. The Morgan fingerprint density at radius 2 is 1.38 bits per heavy atom. The van der Waals surface area contributed by atoms with E-state index in [1.807, 2.05) is 0 Å². The van der Waals surface area contributed by atoms with Crippen LogP contribution in [-0.2, 0) is 12.4 Å². The molecule has 37 heavy (non-hydrogen) atoms. The van der Waals surface area contributed by atoms with E-state index in [2.05, 4.69) is 16.0 Å². The molecule has 6 nitrogen and oxygen atoms in total. The third-order valence-corrected chi connectivity index (χ3v) is 4.91. The second-order valence-corrected chi connectivity index (χ2v) is 7.57. The molecular formula is C24H19F7N4O2. The van der Waals surface area contributed by atoms with E-state index in [-0.39, 0.29) is 30.2 Å². The van der Waals surface area contributed by atoms with E-state index >= 15 is 0 Å². The molecular weight excluding hydrogens is 509 g/mol. The van der Waals surface area contributed by atoms with Crippen LogP contribution in [0.25, 0.3) is 0 Å². The summed E-state index contributed by atoms with van der Waals surface area (Å²) in [5, 5.41) is 6.78. The summed E-state index contributed by atoms with van der Waals surface area (Å²) in [6, 6.07) is 10.9. The maximum atomic E-state index is 14.0. The second kappa shape index (κ2) is 11.2. The number of rotatable bonds is 6. The van der Waals surface area contributed by atoms with E-state index in [0.29, 0.717) is 6.07 Å². The van der Waals surface area contributed by atoms with Gasteiger partial charge < -0.3 is 16.0 Å². The smallest absolute Gasteiger partial charge is 0.336 e. The first kappa shape index (κ1) is 27.3. The molecule has 3 rings (SSSR count). The Labute approximate surface area is 206 Å². The van der Waals surface area contributed by atoms with Gasteiger partial charge in [-0.25, -0.2) is 14.0 Å². The quantitative estimate of drug-likeness (QED) is 0.311. The normalized spacial score (nSPS) is 11.5. The summed E-state index contributed by atoms with van der Waals surface area (Å²) in [4.78, 5) is 25.9. The zero-order valence-corrected chi connectivity index (χ0v) is 18.8. The number of hydrogen-bond acceptors (Lipinski definition) is 2. The lowest BCUT2D eigenvalue weighted by Crippen LogP contribution is -2.42. The van der Waals surface area contributed by atoms with Gasteiger partial charge in [-0.3, -0.25) is 4.90 Å². The fourth-order valence-electron chi connectivity index (χ4n) is 3.17. The van der Waals surface area contributed by atoms with Crippen LogP contribution in [0.4, 0.5) is 57.4 Å². The van der Waals surface area contributed by atoms with E-state index in [4.69, 9.17) is 0 Å². The summed E-state index contributed by atoms with van der Waals surface area (Å²) in [7, 11) is 0. The van der Waals surface area contributed by atoms with Gasteiger partial charge in [-0.15, -0.1) is 0 Å². The number of carbonyl (C=O) groups is 2. The van der Waals surface area contributed by atoms with Gasteiger partial charge in [0.25, 0.3) is 0 Å². The highest BCUT2D eigenvalue weighted by molar-refractivity contribution is 6.02. The first-order chi connectivity index (χ1) is 17.3. The first-order valence-electron chi connectivity index (χ1n) is 10.6. The third kappa shape index (κ3) is 7.59. The fraction of sp³-hybridized carbons (Fsp3) is 0.167. The molecule has 4 amide bonds. The van der Waals surface area contributed by atoms with Crippen molar-refractivity contribution in [1.29, 1.82) is 0 Å². The molecule has 0 aliphatic rings. The highest BCUT2D eigenvalue weighted by Gasteiger charge is 2.32. The molecule has 0 saturated heterocycles. The van der Waals surface area contributed by atoms with Crippen LogP contribution in [-0.4, -0.2) is 25.2 Å². The van der Waals surface area contributed by atoms with Crippen molar-refractivity contribution in [1.82, 2.24) is 5.32 Å². The van der Waals surface area contributed by atoms with E-state index in [1.54, 1.807) is 0 Å². The molecule has 0 heterocycles. The van der Waals surface area contributed by atoms with Crippen LogP contribution in [0.1, 0.15) is 11.1 Å². The van der Waals surface area contributed by atoms with Gasteiger partial charge in [0.15, 0.2) is 0 Å². The summed E-state index contributed by atoms with van der Waals surface area (Å²) < 4.78 is 92.1. The molecule has 13 heteroatoms. The SMILES string of the molecule is O=C(NCCN(C(=O)Nc1ccccc1F)c1cccc(C(F)(F)F)c1)Nc1cccc(C(F)(F)F)c1. The maximum Gasteiger partial charge on any atom is 0.416 e. The Morgan fingerprint density at radius 1 is 0.757 bits per heavy atom. The van der Waals surface area contributed by atoms with Crippen molar-refractivity contribution in [3.8, 4) is 0 Å². The molecule has 3 aromatic carbocycles. The highest BCUT2D eigenvalue weighted by Crippen LogP contribution is 2.32. The van der Waals surface area contributed by atoms with Gasteiger partial charge in [0.05, 0.1) is 16.8 Å². The largest absolute Gasteiger partial charge is 0.416 e.